The van der Waals surface area contributed by atoms with Gasteiger partial charge in [0.2, 0.25) is 5.91 Å². The van der Waals surface area contributed by atoms with E-state index in [-0.39, 0.29) is 18.9 Å². The number of carbonyl (C=O) groups is 1. The molecular weight excluding hydrogens is 871 g/mol. The van der Waals surface area contributed by atoms with Gasteiger partial charge in [-0.2, -0.15) is 8.42 Å². The topological polar surface area (TPSA) is 192 Å². The lowest BCUT2D eigenvalue weighted by molar-refractivity contribution is -0.298. The first-order chi connectivity index (χ1) is 32.5. The predicted molar refractivity (Wildman–Crippen MR) is 273 cm³/mol. The van der Waals surface area contributed by atoms with Gasteiger partial charge < -0.3 is 35.2 Å². The summed E-state index contributed by atoms with van der Waals surface area (Å²) in [5.74, 6) is -0.256. The quantitative estimate of drug-likeness (QED) is 0.0193. The van der Waals surface area contributed by atoms with E-state index in [0.717, 1.165) is 38.5 Å². The van der Waals surface area contributed by atoms with Crippen LogP contribution in [0.1, 0.15) is 271 Å². The molecule has 13 heteroatoms. The summed E-state index contributed by atoms with van der Waals surface area (Å²) >= 11 is 0. The van der Waals surface area contributed by atoms with Gasteiger partial charge in [-0.1, -0.05) is 257 Å². The summed E-state index contributed by atoms with van der Waals surface area (Å²) in [6.07, 6.45) is 43.9. The fourth-order valence-electron chi connectivity index (χ4n) is 9.22. The molecule has 1 aliphatic rings. The molecule has 1 fully saturated rings. The van der Waals surface area contributed by atoms with E-state index in [2.05, 4.69) is 23.3 Å². The van der Waals surface area contributed by atoms with Gasteiger partial charge >= 0.3 is 10.4 Å². The van der Waals surface area contributed by atoms with Crippen LogP contribution in [-0.2, 0) is 28.9 Å². The molecule has 398 valence electrons. The summed E-state index contributed by atoms with van der Waals surface area (Å²) in [6, 6.07) is -0.939. The van der Waals surface area contributed by atoms with Crippen LogP contribution in [0.15, 0.2) is 12.2 Å². The number of amides is 1. The van der Waals surface area contributed by atoms with Crippen LogP contribution in [0.25, 0.3) is 0 Å². The van der Waals surface area contributed by atoms with E-state index in [1.54, 1.807) is 6.08 Å². The van der Waals surface area contributed by atoms with Crippen LogP contribution >= 0.6 is 0 Å². The molecule has 0 bridgehead atoms. The van der Waals surface area contributed by atoms with Crippen molar-refractivity contribution in [3.8, 4) is 0 Å². The number of aliphatic hydroxyl groups is 4. The Morgan fingerprint density at radius 3 is 1.30 bits per heavy atom. The lowest BCUT2D eigenvalue weighted by Gasteiger charge is -2.41. The number of hydrogen-bond acceptors (Lipinski definition) is 10. The third-order valence-electron chi connectivity index (χ3n) is 13.6. The van der Waals surface area contributed by atoms with Crippen LogP contribution in [0.5, 0.6) is 0 Å². The number of allylic oxidation sites excluding steroid dienone is 1. The standard InChI is InChI=1S/C54H105NO11S/c1-3-5-7-9-11-13-15-17-19-21-22-23-24-25-26-28-30-32-34-36-38-40-42-44-50(58)55-47(46-64-54-52(60)53(66-67(61,62)63)51(59)49(45-56)65-54)48(57)43-41-39-37-35-33-31-29-27-20-18-16-14-12-10-8-6-4-2/h41,43,47-49,51-54,56-57,59-60H,3-40,42,44-46H2,1-2H3,(H,55,58)(H,61,62,63)/b43-41+. The van der Waals surface area contributed by atoms with E-state index in [1.807, 2.05) is 6.08 Å². The average molecular weight is 976 g/mol. The van der Waals surface area contributed by atoms with E-state index >= 15 is 0 Å². The zero-order chi connectivity index (χ0) is 49.1. The molecule has 0 spiro atoms. The maximum Gasteiger partial charge on any atom is 0.397 e. The molecule has 0 aromatic heterocycles. The predicted octanol–water partition coefficient (Wildman–Crippen LogP) is 12.7. The normalized spacial score (nSPS) is 19.9. The van der Waals surface area contributed by atoms with Crippen molar-refractivity contribution in [1.82, 2.24) is 5.32 Å². The van der Waals surface area contributed by atoms with Crippen molar-refractivity contribution in [2.75, 3.05) is 13.2 Å². The van der Waals surface area contributed by atoms with Gasteiger partial charge in [-0.15, -0.1) is 0 Å². The Hall–Kier alpha value is -1.16. The zero-order valence-electron chi connectivity index (χ0n) is 43.0. The summed E-state index contributed by atoms with van der Waals surface area (Å²) in [5, 5.41) is 44.9. The van der Waals surface area contributed by atoms with Crippen molar-refractivity contribution in [3.05, 3.63) is 12.2 Å². The number of hydrogen-bond donors (Lipinski definition) is 6. The Labute approximate surface area is 410 Å². The SMILES string of the molecule is CCCCCCCCCCCCCCCCC/C=C/C(O)C(COC1OC(CO)C(O)C(OS(=O)(=O)O)C1O)NC(=O)CCCCCCCCCCCCCCCCCCCCCCCCC. The Balaban J connectivity index is 2.37. The molecule has 1 saturated heterocycles. The van der Waals surface area contributed by atoms with E-state index in [0.29, 0.717) is 6.42 Å². The third-order valence-corrected chi connectivity index (χ3v) is 14.0. The second kappa shape index (κ2) is 44.8. The molecule has 67 heavy (non-hydrogen) atoms. The molecule has 6 N–H and O–H groups in total. The van der Waals surface area contributed by atoms with Gasteiger partial charge in [-0.3, -0.25) is 9.35 Å². The molecule has 0 aromatic carbocycles. The van der Waals surface area contributed by atoms with Gasteiger partial charge in [-0.05, 0) is 19.3 Å². The number of carbonyl (C=O) groups excluding carboxylic acids is 1. The number of ether oxygens (including phenoxy) is 2. The summed E-state index contributed by atoms with van der Waals surface area (Å²) in [7, 11) is -5.09. The molecule has 0 saturated carbocycles. The molecular formula is C54H105NO11S. The fourth-order valence-corrected chi connectivity index (χ4v) is 9.73. The summed E-state index contributed by atoms with van der Waals surface area (Å²) in [4.78, 5) is 13.1. The Morgan fingerprint density at radius 2 is 0.940 bits per heavy atom. The average Bonchev–Trinajstić information content (AvgIpc) is 3.30. The first kappa shape index (κ1) is 63.9. The van der Waals surface area contributed by atoms with Crippen molar-refractivity contribution in [2.45, 2.75) is 314 Å². The van der Waals surface area contributed by atoms with Crippen LogP contribution in [0, 0.1) is 0 Å². The Kier molecular flexibility index (Phi) is 42.7. The van der Waals surface area contributed by atoms with Crippen LogP contribution in [0.4, 0.5) is 0 Å². The first-order valence-corrected chi connectivity index (χ1v) is 29.4. The van der Waals surface area contributed by atoms with Crippen LogP contribution in [0.2, 0.25) is 0 Å². The van der Waals surface area contributed by atoms with Crippen LogP contribution in [-0.4, -0.2) is 95.4 Å². The molecule has 0 aromatic rings. The lowest BCUT2D eigenvalue weighted by Crippen LogP contribution is -2.61. The van der Waals surface area contributed by atoms with Gasteiger partial charge in [-0.25, -0.2) is 4.18 Å². The van der Waals surface area contributed by atoms with Crippen LogP contribution in [0.3, 0.4) is 0 Å². The minimum Gasteiger partial charge on any atom is -0.394 e. The monoisotopic (exact) mass is 976 g/mol. The van der Waals surface area contributed by atoms with E-state index in [4.69, 9.17) is 9.47 Å². The van der Waals surface area contributed by atoms with E-state index in [9.17, 15) is 38.2 Å². The number of rotatable bonds is 49. The highest BCUT2D eigenvalue weighted by Crippen LogP contribution is 2.26. The van der Waals surface area contributed by atoms with Gasteiger partial charge in [0.15, 0.2) is 6.29 Å². The van der Waals surface area contributed by atoms with Crippen molar-refractivity contribution >= 4 is 16.3 Å². The molecule has 12 nitrogen and oxygen atoms in total. The molecule has 1 amide bonds. The molecule has 1 aliphatic heterocycles. The maximum absolute atomic E-state index is 13.1. The smallest absolute Gasteiger partial charge is 0.394 e. The highest BCUT2D eigenvalue weighted by atomic mass is 32.3. The third kappa shape index (κ3) is 37.3. The minimum absolute atomic E-state index is 0.256. The summed E-state index contributed by atoms with van der Waals surface area (Å²) in [6.45, 7) is 3.43. The van der Waals surface area contributed by atoms with Gasteiger partial charge in [0.05, 0.1) is 25.4 Å². The lowest BCUT2D eigenvalue weighted by atomic mass is 9.99. The number of nitrogens with one attached hydrogen (secondary N) is 1. The van der Waals surface area contributed by atoms with Crippen molar-refractivity contribution in [2.24, 2.45) is 0 Å². The summed E-state index contributed by atoms with van der Waals surface area (Å²) < 4.78 is 47.8. The van der Waals surface area contributed by atoms with Crippen molar-refractivity contribution < 1.29 is 51.8 Å². The zero-order valence-corrected chi connectivity index (χ0v) is 43.8. The van der Waals surface area contributed by atoms with Gasteiger partial charge in [0.1, 0.15) is 24.4 Å². The highest BCUT2D eigenvalue weighted by Gasteiger charge is 2.48. The molecule has 0 radical (unpaired) electrons. The van der Waals surface area contributed by atoms with Crippen molar-refractivity contribution in [1.29, 1.82) is 0 Å². The van der Waals surface area contributed by atoms with E-state index < -0.39 is 59.9 Å². The molecule has 7 atom stereocenters. The number of unbranched alkanes of at least 4 members (excludes halogenated alkanes) is 37. The van der Waals surface area contributed by atoms with Crippen LogP contribution < -0.4 is 5.32 Å². The summed E-state index contributed by atoms with van der Waals surface area (Å²) in [5.41, 5.74) is 0. The van der Waals surface area contributed by atoms with Gasteiger partial charge in [0.25, 0.3) is 0 Å². The minimum atomic E-state index is -5.09. The second-order valence-corrected chi connectivity index (χ2v) is 20.9. The van der Waals surface area contributed by atoms with E-state index in [1.165, 1.54) is 205 Å². The molecule has 1 heterocycles. The fraction of sp³-hybridized carbons (Fsp3) is 0.944. The largest absolute Gasteiger partial charge is 0.397 e. The highest BCUT2D eigenvalue weighted by molar-refractivity contribution is 7.80. The molecule has 0 aliphatic carbocycles. The van der Waals surface area contributed by atoms with Gasteiger partial charge in [0, 0.05) is 6.42 Å². The number of aliphatic hydroxyl groups excluding tert-OH is 4. The molecule has 7 unspecified atom stereocenters. The van der Waals surface area contributed by atoms with Crippen molar-refractivity contribution in [3.63, 3.8) is 0 Å². The Bertz CT molecular complexity index is 1240. The second-order valence-electron chi connectivity index (χ2n) is 19.9. The molecule has 1 rings (SSSR count). The maximum atomic E-state index is 13.1. The Morgan fingerprint density at radius 1 is 0.582 bits per heavy atom. The first-order valence-electron chi connectivity index (χ1n) is 28.1.